The number of rotatable bonds is 5. The Morgan fingerprint density at radius 3 is 2.48 bits per heavy atom. The summed E-state index contributed by atoms with van der Waals surface area (Å²) in [5.41, 5.74) is 2.08. The number of aryl methyl sites for hydroxylation is 1. The quantitative estimate of drug-likeness (QED) is 0.678. The van der Waals surface area contributed by atoms with Gasteiger partial charge in [0.25, 0.3) is 0 Å². The molecule has 4 rings (SSSR count). The number of carbonyl (C=O) groups excluding carboxylic acids is 1. The van der Waals surface area contributed by atoms with Crippen molar-refractivity contribution in [2.24, 2.45) is 5.41 Å². The number of halogens is 3. The van der Waals surface area contributed by atoms with Crippen molar-refractivity contribution < 1.29 is 22.7 Å². The van der Waals surface area contributed by atoms with E-state index < -0.39 is 23.6 Å². The van der Waals surface area contributed by atoms with Crippen LogP contribution in [0.3, 0.4) is 0 Å². The number of nitrogens with zero attached hydrogens (tertiary/aromatic N) is 1. The largest absolute Gasteiger partial charge is 0.372 e. The molecule has 0 aromatic heterocycles. The summed E-state index contributed by atoms with van der Waals surface area (Å²) in [6, 6.07) is 6.67. The van der Waals surface area contributed by atoms with Gasteiger partial charge in [-0.05, 0) is 67.0 Å². The van der Waals surface area contributed by atoms with Gasteiger partial charge in [-0.2, -0.15) is 0 Å². The molecule has 2 aromatic carbocycles. The van der Waals surface area contributed by atoms with Crippen molar-refractivity contribution in [2.45, 2.75) is 45.6 Å². The van der Waals surface area contributed by atoms with Crippen molar-refractivity contribution in [3.05, 3.63) is 58.9 Å². The van der Waals surface area contributed by atoms with E-state index in [1.807, 2.05) is 11.0 Å². The summed E-state index contributed by atoms with van der Waals surface area (Å²) >= 11 is 0. The summed E-state index contributed by atoms with van der Waals surface area (Å²) in [6.07, 6.45) is 2.55. The minimum absolute atomic E-state index is 0.0571. The molecule has 2 aromatic rings. The zero-order valence-corrected chi connectivity index (χ0v) is 17.8. The highest BCUT2D eigenvalue weighted by Gasteiger charge is 2.39. The highest BCUT2D eigenvalue weighted by atomic mass is 19.1. The van der Waals surface area contributed by atoms with E-state index >= 15 is 0 Å². The Kier molecular flexibility index (Phi) is 5.97. The molecule has 31 heavy (non-hydrogen) atoms. The van der Waals surface area contributed by atoms with Crippen LogP contribution in [-0.4, -0.2) is 25.6 Å². The summed E-state index contributed by atoms with van der Waals surface area (Å²) in [5, 5.41) is 2.73. The maximum atomic E-state index is 14.9. The highest BCUT2D eigenvalue weighted by molar-refractivity contribution is 5.92. The molecule has 1 saturated carbocycles. The lowest BCUT2D eigenvalue weighted by atomic mass is 10.0. The van der Waals surface area contributed by atoms with Crippen molar-refractivity contribution in [3.8, 4) is 0 Å². The molecule has 0 unspecified atom stereocenters. The van der Waals surface area contributed by atoms with Gasteiger partial charge in [-0.1, -0.05) is 6.92 Å². The van der Waals surface area contributed by atoms with Gasteiger partial charge >= 0.3 is 0 Å². The first-order valence-corrected chi connectivity index (χ1v) is 10.6. The normalized spacial score (nSPS) is 20.3. The van der Waals surface area contributed by atoms with Crippen LogP contribution in [0.4, 0.5) is 24.5 Å². The fourth-order valence-corrected chi connectivity index (χ4v) is 4.08. The molecule has 166 valence electrons. The van der Waals surface area contributed by atoms with Crippen LogP contribution < -0.4 is 10.2 Å². The summed E-state index contributed by atoms with van der Waals surface area (Å²) in [5.74, 6) is -1.90. The zero-order valence-electron chi connectivity index (χ0n) is 17.8. The molecule has 7 heteroatoms. The lowest BCUT2D eigenvalue weighted by Crippen LogP contribution is -2.26. The zero-order chi connectivity index (χ0) is 22.2. The van der Waals surface area contributed by atoms with E-state index in [0.29, 0.717) is 49.4 Å². The number of hydrogen-bond donors (Lipinski definition) is 1. The van der Waals surface area contributed by atoms with Crippen molar-refractivity contribution in [2.75, 3.05) is 29.9 Å². The van der Waals surface area contributed by atoms with E-state index in [9.17, 15) is 18.0 Å². The summed E-state index contributed by atoms with van der Waals surface area (Å²) in [4.78, 5) is 14.3. The van der Waals surface area contributed by atoms with Gasteiger partial charge in [0.2, 0.25) is 5.91 Å². The number of carbonyl (C=O) groups is 1. The van der Waals surface area contributed by atoms with E-state index in [4.69, 9.17) is 4.74 Å². The van der Waals surface area contributed by atoms with Crippen LogP contribution in [0.15, 0.2) is 30.3 Å². The predicted octanol–water partition coefficient (Wildman–Crippen LogP) is 5.51. The average Bonchev–Trinajstić information content (AvgIpc) is 3.45. The second kappa shape index (κ2) is 8.54. The van der Waals surface area contributed by atoms with Gasteiger partial charge in [0.15, 0.2) is 0 Å². The van der Waals surface area contributed by atoms with E-state index in [-0.39, 0.29) is 17.0 Å². The Morgan fingerprint density at radius 1 is 1.13 bits per heavy atom. The molecule has 0 bridgehead atoms. The molecule has 1 saturated heterocycles. The molecule has 2 aliphatic rings. The van der Waals surface area contributed by atoms with Gasteiger partial charge in [0.05, 0.1) is 18.4 Å². The van der Waals surface area contributed by atoms with Gasteiger partial charge in [-0.3, -0.25) is 4.79 Å². The fraction of sp³-hybridized carbons (Fsp3) is 0.458. The van der Waals surface area contributed by atoms with Gasteiger partial charge in [0.1, 0.15) is 17.5 Å². The Balaban J connectivity index is 1.45. The minimum Gasteiger partial charge on any atom is -0.372 e. The third-order valence-corrected chi connectivity index (χ3v) is 6.19. The number of anilines is 2. The molecular weight excluding hydrogens is 405 g/mol. The van der Waals surface area contributed by atoms with Gasteiger partial charge < -0.3 is 15.0 Å². The van der Waals surface area contributed by atoms with Crippen molar-refractivity contribution in [3.63, 3.8) is 0 Å². The van der Waals surface area contributed by atoms with E-state index in [1.54, 1.807) is 6.92 Å². The predicted molar refractivity (Wildman–Crippen MR) is 114 cm³/mol. The Labute approximate surface area is 180 Å². The van der Waals surface area contributed by atoms with Crippen LogP contribution in [0.1, 0.15) is 49.8 Å². The molecule has 2 fully saturated rings. The standard InChI is InChI=1S/C24H27F3N2O2/c1-15-9-19(13-20(27)23(15)28-22(30)14-24(2)4-5-24)29-6-3-21(31-8-7-29)16-10-17(25)12-18(26)11-16/h9-13,21H,3-8,14H2,1-2H3,(H,28,30)/t21-/m1/s1. The molecule has 1 aliphatic carbocycles. The summed E-state index contributed by atoms with van der Waals surface area (Å²) in [7, 11) is 0. The molecule has 1 heterocycles. The lowest BCUT2D eigenvalue weighted by molar-refractivity contribution is -0.117. The van der Waals surface area contributed by atoms with Crippen LogP contribution in [0.5, 0.6) is 0 Å². The molecule has 1 N–H and O–H groups in total. The Morgan fingerprint density at radius 2 is 1.84 bits per heavy atom. The second-order valence-corrected chi connectivity index (χ2v) is 8.99. The van der Waals surface area contributed by atoms with Gasteiger partial charge in [0, 0.05) is 31.3 Å². The third-order valence-electron chi connectivity index (χ3n) is 6.19. The van der Waals surface area contributed by atoms with Crippen molar-refractivity contribution >= 4 is 17.3 Å². The Hall–Kier alpha value is -2.54. The minimum atomic E-state index is -0.634. The van der Waals surface area contributed by atoms with Crippen molar-refractivity contribution in [1.82, 2.24) is 0 Å². The summed E-state index contributed by atoms with van der Waals surface area (Å²) in [6.45, 7) is 5.25. The third kappa shape index (κ3) is 5.21. The SMILES string of the molecule is Cc1cc(N2CCO[C@@H](c3cc(F)cc(F)c3)CC2)cc(F)c1NC(=O)CC1(C)CC1. The first-order chi connectivity index (χ1) is 14.7. The molecule has 1 aliphatic heterocycles. The molecule has 4 nitrogen and oxygen atoms in total. The molecular formula is C24H27F3N2O2. The number of benzene rings is 2. The molecule has 0 radical (unpaired) electrons. The first-order valence-electron chi connectivity index (χ1n) is 10.6. The number of amides is 1. The van der Waals surface area contributed by atoms with E-state index in [1.165, 1.54) is 18.2 Å². The van der Waals surface area contributed by atoms with Crippen LogP contribution in [-0.2, 0) is 9.53 Å². The second-order valence-electron chi connectivity index (χ2n) is 8.99. The first kappa shape index (κ1) is 21.7. The van der Waals surface area contributed by atoms with Gasteiger partial charge in [-0.15, -0.1) is 0 Å². The smallest absolute Gasteiger partial charge is 0.225 e. The molecule has 1 amide bonds. The fourth-order valence-electron chi connectivity index (χ4n) is 4.08. The van der Waals surface area contributed by atoms with Crippen molar-refractivity contribution in [1.29, 1.82) is 0 Å². The number of hydrogen-bond acceptors (Lipinski definition) is 3. The average molecular weight is 432 g/mol. The number of ether oxygens (including phenoxy) is 1. The Bertz CT molecular complexity index is 948. The molecule has 0 spiro atoms. The van der Waals surface area contributed by atoms with Crippen LogP contribution in [0.2, 0.25) is 0 Å². The monoisotopic (exact) mass is 432 g/mol. The van der Waals surface area contributed by atoms with Crippen LogP contribution in [0, 0.1) is 29.8 Å². The van der Waals surface area contributed by atoms with E-state index in [0.717, 1.165) is 18.9 Å². The highest BCUT2D eigenvalue weighted by Crippen LogP contribution is 2.48. The van der Waals surface area contributed by atoms with Gasteiger partial charge in [-0.25, -0.2) is 13.2 Å². The maximum Gasteiger partial charge on any atom is 0.225 e. The number of nitrogens with one attached hydrogen (secondary N) is 1. The van der Waals surface area contributed by atoms with E-state index in [2.05, 4.69) is 12.2 Å². The van der Waals surface area contributed by atoms with Crippen LogP contribution >= 0.6 is 0 Å². The van der Waals surface area contributed by atoms with Crippen LogP contribution in [0.25, 0.3) is 0 Å². The topological polar surface area (TPSA) is 41.6 Å². The molecule has 1 atom stereocenters. The lowest BCUT2D eigenvalue weighted by Gasteiger charge is -2.24. The maximum absolute atomic E-state index is 14.9. The summed E-state index contributed by atoms with van der Waals surface area (Å²) < 4.78 is 47.8.